The molecule has 0 aliphatic carbocycles. The average Bonchev–Trinajstić information content (AvgIpc) is 2.84. The van der Waals surface area contributed by atoms with Crippen LogP contribution in [0, 0.1) is 18.3 Å². The van der Waals surface area contributed by atoms with E-state index in [1.54, 1.807) is 31.6 Å². The van der Waals surface area contributed by atoms with Crippen molar-refractivity contribution in [1.29, 1.82) is 5.26 Å². The van der Waals surface area contributed by atoms with Crippen LogP contribution in [0.4, 0.5) is 0 Å². The highest BCUT2D eigenvalue weighted by Crippen LogP contribution is 2.41. The van der Waals surface area contributed by atoms with Gasteiger partial charge in [0, 0.05) is 11.9 Å². The minimum Gasteiger partial charge on any atom is -0.479 e. The number of aryl methyl sites for hydroxylation is 2. The molecule has 0 spiro atoms. The molecule has 0 bridgehead atoms. The van der Waals surface area contributed by atoms with E-state index in [4.69, 9.17) is 27.9 Å². The maximum atomic E-state index is 11.7. The lowest BCUT2D eigenvalue weighted by atomic mass is 10.3. The number of ether oxygens (including phenoxy) is 1. The fraction of sp³-hybridized carbons (Fsp3) is 0.312. The molecule has 0 radical (unpaired) electrons. The number of hydrogen-bond acceptors (Lipinski definition) is 6. The fourth-order valence-corrected chi connectivity index (χ4v) is 3.64. The van der Waals surface area contributed by atoms with Crippen molar-refractivity contribution in [3.8, 4) is 11.8 Å². The van der Waals surface area contributed by atoms with Gasteiger partial charge in [0.1, 0.15) is 22.4 Å². The summed E-state index contributed by atoms with van der Waals surface area (Å²) in [6.45, 7) is 3.32. The molecule has 7 nitrogen and oxygen atoms in total. The Morgan fingerprint density at radius 2 is 2.12 bits per heavy atom. The molecule has 0 aliphatic rings. The molecule has 1 amide bonds. The van der Waals surface area contributed by atoms with Gasteiger partial charge in [-0.3, -0.25) is 14.3 Å². The summed E-state index contributed by atoms with van der Waals surface area (Å²) in [6, 6.07) is 5.29. The molecule has 10 heteroatoms. The van der Waals surface area contributed by atoms with Crippen molar-refractivity contribution in [3.63, 3.8) is 0 Å². The monoisotopic (exact) mass is 414 g/mol. The molecule has 2 aromatic rings. The first-order valence-corrected chi connectivity index (χ1v) is 8.95. The number of nitrogens with one attached hydrogen (secondary N) is 1. The minimum atomic E-state index is -0.833. The van der Waals surface area contributed by atoms with Gasteiger partial charge in [-0.15, -0.1) is 0 Å². The first-order valence-electron chi connectivity index (χ1n) is 7.38. The van der Waals surface area contributed by atoms with Crippen LogP contribution in [-0.4, -0.2) is 28.9 Å². The summed E-state index contributed by atoms with van der Waals surface area (Å²) in [5.41, 5.74) is 3.29. The van der Waals surface area contributed by atoms with Crippen molar-refractivity contribution in [2.75, 3.05) is 7.11 Å². The highest BCUT2D eigenvalue weighted by Gasteiger charge is 2.20. The first-order chi connectivity index (χ1) is 12.3. The summed E-state index contributed by atoms with van der Waals surface area (Å²) in [4.78, 5) is 16.9. The second kappa shape index (κ2) is 8.64. The highest BCUT2D eigenvalue weighted by atomic mass is 35.5. The van der Waals surface area contributed by atoms with Gasteiger partial charge >= 0.3 is 0 Å². The normalized spacial score (nSPS) is 11.7. The predicted molar refractivity (Wildman–Crippen MR) is 98.5 cm³/mol. The molecule has 1 heterocycles. The highest BCUT2D eigenvalue weighted by molar-refractivity contribution is 7.99. The van der Waals surface area contributed by atoms with Gasteiger partial charge in [-0.1, -0.05) is 35.0 Å². The summed E-state index contributed by atoms with van der Waals surface area (Å²) in [7, 11) is 3.08. The van der Waals surface area contributed by atoms with E-state index in [9.17, 15) is 10.1 Å². The van der Waals surface area contributed by atoms with Crippen LogP contribution in [0.15, 0.2) is 22.1 Å². The molecule has 0 unspecified atom stereocenters. The summed E-state index contributed by atoms with van der Waals surface area (Å²) in [6.07, 6.45) is -0.833. The number of rotatable bonds is 6. The number of carbonyl (C=O) groups excluding carboxylic acids is 1. The zero-order valence-corrected chi connectivity index (χ0v) is 16.8. The topological polar surface area (TPSA) is 89.2 Å². The van der Waals surface area contributed by atoms with E-state index < -0.39 is 12.0 Å². The van der Waals surface area contributed by atoms with Gasteiger partial charge in [0.05, 0.1) is 22.8 Å². The lowest BCUT2D eigenvalue weighted by molar-refractivity contribution is -0.137. The minimum absolute atomic E-state index is 0.262. The van der Waals surface area contributed by atoms with E-state index in [0.29, 0.717) is 26.2 Å². The van der Waals surface area contributed by atoms with Gasteiger partial charge in [0.25, 0.3) is 5.91 Å². The third-order valence-electron chi connectivity index (χ3n) is 3.35. The van der Waals surface area contributed by atoms with Crippen molar-refractivity contribution in [2.45, 2.75) is 29.9 Å². The number of hydroxylamine groups is 1. The Labute approximate surface area is 165 Å². The maximum Gasteiger partial charge on any atom is 0.284 e. The van der Waals surface area contributed by atoms with Crippen LogP contribution in [0.1, 0.15) is 18.2 Å². The Balaban J connectivity index is 2.34. The summed E-state index contributed by atoms with van der Waals surface area (Å²) in [5, 5.41) is 14.9. The first kappa shape index (κ1) is 20.4. The molecular formula is C16H16Cl2N4O3S. The maximum absolute atomic E-state index is 11.7. The Morgan fingerprint density at radius 1 is 1.42 bits per heavy atom. The van der Waals surface area contributed by atoms with Crippen molar-refractivity contribution < 1.29 is 14.4 Å². The zero-order chi connectivity index (χ0) is 19.4. The summed E-state index contributed by atoms with van der Waals surface area (Å²) in [5.74, 6) is -0.170. The molecule has 0 fully saturated rings. The number of amides is 1. The SMILES string of the molecule is CONC(=O)[C@H](C)Oc1cc(Sc2c(C#N)c(C)nn2C)c(Cl)cc1Cl. The number of hydrogen-bond donors (Lipinski definition) is 1. The third kappa shape index (κ3) is 4.43. The molecule has 2 rings (SSSR count). The third-order valence-corrected chi connectivity index (χ3v) is 5.29. The number of aromatic nitrogens is 2. The zero-order valence-electron chi connectivity index (χ0n) is 14.5. The number of carbonyl (C=O) groups is 1. The number of nitriles is 1. The Hall–Kier alpha value is -1.92. The van der Waals surface area contributed by atoms with Crippen LogP contribution in [0.2, 0.25) is 10.0 Å². The fourth-order valence-electron chi connectivity index (χ4n) is 2.09. The molecule has 0 saturated carbocycles. The number of nitrogens with zero attached hydrogens (tertiary/aromatic N) is 3. The Kier molecular flexibility index (Phi) is 6.78. The lowest BCUT2D eigenvalue weighted by Gasteiger charge is -2.16. The van der Waals surface area contributed by atoms with Gasteiger partial charge < -0.3 is 4.74 Å². The van der Waals surface area contributed by atoms with Crippen molar-refractivity contribution in [1.82, 2.24) is 15.3 Å². The molecule has 1 N–H and O–H groups in total. The van der Waals surface area contributed by atoms with Crippen LogP contribution in [-0.2, 0) is 16.7 Å². The Bertz CT molecular complexity index is 879. The summed E-state index contributed by atoms with van der Waals surface area (Å²) < 4.78 is 7.21. The van der Waals surface area contributed by atoms with Gasteiger partial charge in [0.15, 0.2) is 6.10 Å². The molecule has 138 valence electrons. The van der Waals surface area contributed by atoms with Crippen LogP contribution < -0.4 is 10.2 Å². The average molecular weight is 415 g/mol. The van der Waals surface area contributed by atoms with Crippen molar-refractivity contribution in [2.24, 2.45) is 7.05 Å². The van der Waals surface area contributed by atoms with Gasteiger partial charge in [-0.05, 0) is 26.0 Å². The van der Waals surface area contributed by atoms with Crippen LogP contribution in [0.3, 0.4) is 0 Å². The molecule has 26 heavy (non-hydrogen) atoms. The smallest absolute Gasteiger partial charge is 0.284 e. The molecule has 0 saturated heterocycles. The quantitative estimate of drug-likeness (QED) is 0.727. The van der Waals surface area contributed by atoms with Gasteiger partial charge in [-0.2, -0.15) is 10.4 Å². The van der Waals surface area contributed by atoms with E-state index >= 15 is 0 Å². The molecule has 1 atom stereocenters. The predicted octanol–water partition coefficient (Wildman–Crippen LogP) is 3.50. The largest absolute Gasteiger partial charge is 0.479 e. The lowest BCUT2D eigenvalue weighted by Crippen LogP contribution is -2.35. The van der Waals surface area contributed by atoms with E-state index in [-0.39, 0.29) is 10.8 Å². The second-order valence-electron chi connectivity index (χ2n) is 5.25. The standard InChI is InChI=1S/C16H16Cl2N4O3S/c1-8-10(7-19)16(22(3)20-8)26-14-6-13(11(17)5-12(14)18)25-9(2)15(23)21-24-4/h5-6,9H,1-4H3,(H,21,23)/t9-/m0/s1. The number of halogens is 2. The molecule has 1 aromatic heterocycles. The molecule has 1 aromatic carbocycles. The molecule has 0 aliphatic heterocycles. The van der Waals surface area contributed by atoms with E-state index in [0.717, 1.165) is 0 Å². The number of benzene rings is 1. The van der Waals surface area contributed by atoms with Crippen LogP contribution in [0.5, 0.6) is 5.75 Å². The van der Waals surface area contributed by atoms with Crippen molar-refractivity contribution >= 4 is 40.9 Å². The van der Waals surface area contributed by atoms with E-state index in [1.807, 2.05) is 0 Å². The van der Waals surface area contributed by atoms with E-state index in [2.05, 4.69) is 21.5 Å². The summed E-state index contributed by atoms with van der Waals surface area (Å²) >= 11 is 13.7. The van der Waals surface area contributed by atoms with Crippen molar-refractivity contribution in [3.05, 3.63) is 33.4 Å². The van der Waals surface area contributed by atoms with Gasteiger partial charge in [-0.25, -0.2) is 5.48 Å². The van der Waals surface area contributed by atoms with Crippen LogP contribution in [0.25, 0.3) is 0 Å². The Morgan fingerprint density at radius 3 is 2.73 bits per heavy atom. The van der Waals surface area contributed by atoms with Crippen LogP contribution >= 0.6 is 35.0 Å². The second-order valence-corrected chi connectivity index (χ2v) is 7.09. The molecular weight excluding hydrogens is 399 g/mol. The van der Waals surface area contributed by atoms with Gasteiger partial charge in [0.2, 0.25) is 0 Å². The van der Waals surface area contributed by atoms with E-state index in [1.165, 1.54) is 24.9 Å².